The zero-order valence-corrected chi connectivity index (χ0v) is 19.9. The summed E-state index contributed by atoms with van der Waals surface area (Å²) in [7, 11) is 0.874. The summed E-state index contributed by atoms with van der Waals surface area (Å²) in [5.41, 5.74) is 0.155. The predicted octanol–water partition coefficient (Wildman–Crippen LogP) is 5.57. The van der Waals surface area contributed by atoms with Crippen LogP contribution in [0.3, 0.4) is 0 Å². The number of hydrogen-bond donors (Lipinski definition) is 0. The molecule has 0 aromatic heterocycles. The van der Waals surface area contributed by atoms with Gasteiger partial charge in [0.1, 0.15) is 0 Å². The van der Waals surface area contributed by atoms with Crippen LogP contribution >= 0.6 is 9.48 Å². The third-order valence-electron chi connectivity index (χ3n) is 4.45. The molecule has 0 amide bonds. The Kier molecular flexibility index (Phi) is 10.3. The van der Waals surface area contributed by atoms with Crippen LogP contribution in [0.2, 0.25) is 6.55 Å². The SMILES string of the molecule is CCCCO[Si](C)(OC(CCC)C(C)(C)C)C(CC)S(C)(C)[Si]. The van der Waals surface area contributed by atoms with Crippen LogP contribution < -0.4 is 0 Å². The van der Waals surface area contributed by atoms with E-state index >= 15 is 0 Å². The molecule has 0 saturated carbocycles. The lowest BCUT2D eigenvalue weighted by Gasteiger charge is -2.47. The van der Waals surface area contributed by atoms with Gasteiger partial charge in [-0.15, -0.1) is 0 Å². The molecule has 0 heterocycles. The Balaban J connectivity index is 5.47. The summed E-state index contributed by atoms with van der Waals surface area (Å²) in [6.45, 7) is 16.8. The molecule has 3 atom stereocenters. The lowest BCUT2D eigenvalue weighted by atomic mass is 9.87. The molecule has 0 N–H and O–H groups in total. The fourth-order valence-corrected chi connectivity index (χ4v) is 13.8. The summed E-state index contributed by atoms with van der Waals surface area (Å²) in [4.78, 5) is 0.505. The van der Waals surface area contributed by atoms with E-state index in [1.807, 2.05) is 0 Å². The largest absolute Gasteiger partial charge is 0.394 e. The van der Waals surface area contributed by atoms with Crippen LogP contribution in [0.4, 0.5) is 0 Å². The lowest BCUT2D eigenvalue weighted by molar-refractivity contribution is 0.0337. The van der Waals surface area contributed by atoms with Crippen molar-refractivity contribution in [2.45, 2.75) is 91.2 Å². The fraction of sp³-hybridized carbons (Fsp3) is 1.00. The molecule has 23 heavy (non-hydrogen) atoms. The standard InChI is InChI=1S/C18H41O2SSi2/c1-10-13-15-19-23(9,17(12-3)21(7,8)22)20-16(14-11-2)18(4,5)6/h16-17H,10-15H2,1-9H3. The van der Waals surface area contributed by atoms with E-state index in [9.17, 15) is 0 Å². The van der Waals surface area contributed by atoms with Crippen LogP contribution in [0.1, 0.15) is 73.6 Å². The summed E-state index contributed by atoms with van der Waals surface area (Å²) in [6.07, 6.45) is 10.6. The van der Waals surface area contributed by atoms with E-state index in [0.29, 0.717) is 4.87 Å². The van der Waals surface area contributed by atoms with Gasteiger partial charge in [-0.1, -0.05) is 54.4 Å². The van der Waals surface area contributed by atoms with Crippen LogP contribution in [-0.2, 0) is 8.85 Å². The molecule has 0 aromatic rings. The first-order chi connectivity index (χ1) is 10.4. The van der Waals surface area contributed by atoms with Crippen LogP contribution in [0.25, 0.3) is 0 Å². The van der Waals surface area contributed by atoms with E-state index in [4.69, 9.17) is 8.85 Å². The molecule has 0 saturated heterocycles. The minimum Gasteiger partial charge on any atom is -0.394 e. The normalized spacial score (nSPS) is 19.2. The number of unbranched alkanes of at least 4 members (excludes halogenated alkanes) is 1. The zero-order chi connectivity index (χ0) is 18.3. The van der Waals surface area contributed by atoms with E-state index in [1.54, 1.807) is 0 Å². The van der Waals surface area contributed by atoms with Gasteiger partial charge in [-0.3, -0.25) is 9.48 Å². The Morgan fingerprint density at radius 2 is 1.65 bits per heavy atom. The first-order valence-corrected chi connectivity index (χ1v) is 15.3. The zero-order valence-electron chi connectivity index (χ0n) is 17.1. The van der Waals surface area contributed by atoms with Crippen molar-refractivity contribution < 1.29 is 8.85 Å². The molecule has 5 heteroatoms. The van der Waals surface area contributed by atoms with E-state index < -0.39 is 18.0 Å². The van der Waals surface area contributed by atoms with Gasteiger partial charge < -0.3 is 8.85 Å². The quantitative estimate of drug-likeness (QED) is 0.346. The molecule has 2 nitrogen and oxygen atoms in total. The van der Waals surface area contributed by atoms with Crippen molar-refractivity contribution in [3.63, 3.8) is 0 Å². The molecule has 0 aromatic carbocycles. The molecule has 3 unspecified atom stereocenters. The van der Waals surface area contributed by atoms with Crippen molar-refractivity contribution in [3.8, 4) is 0 Å². The highest BCUT2D eigenvalue weighted by atomic mass is 32.4. The molecule has 139 valence electrons. The molecular formula is C18H41O2SSi2. The molecule has 0 aliphatic carbocycles. The summed E-state index contributed by atoms with van der Waals surface area (Å²) in [5, 5.41) is 0. The van der Waals surface area contributed by atoms with E-state index in [0.717, 1.165) is 32.3 Å². The molecule has 0 aliphatic rings. The summed E-state index contributed by atoms with van der Waals surface area (Å²) >= 11 is 0. The second kappa shape index (κ2) is 10.00. The number of hydrogen-bond acceptors (Lipinski definition) is 2. The molecule has 0 rings (SSSR count). The summed E-state index contributed by atoms with van der Waals surface area (Å²) in [6, 6.07) is 0. The number of rotatable bonds is 11. The van der Waals surface area contributed by atoms with Gasteiger partial charge in [0.05, 0.1) is 15.5 Å². The fourth-order valence-electron chi connectivity index (χ4n) is 3.16. The third kappa shape index (κ3) is 8.08. The molecule has 0 bridgehead atoms. The Morgan fingerprint density at radius 1 is 1.09 bits per heavy atom. The Labute approximate surface area is 152 Å². The van der Waals surface area contributed by atoms with Gasteiger partial charge in [-0.2, -0.15) is 0 Å². The van der Waals surface area contributed by atoms with Crippen LogP contribution in [-0.4, -0.2) is 48.0 Å². The second-order valence-electron chi connectivity index (χ2n) is 8.28. The molecule has 0 aliphatic heterocycles. The molecule has 0 fully saturated rings. The van der Waals surface area contributed by atoms with E-state index in [-0.39, 0.29) is 11.5 Å². The van der Waals surface area contributed by atoms with Gasteiger partial charge in [0.2, 0.25) is 0 Å². The minimum atomic E-state index is -2.27. The molecule has 0 spiro atoms. The van der Waals surface area contributed by atoms with Crippen LogP contribution in [0.5, 0.6) is 0 Å². The van der Waals surface area contributed by atoms with Crippen molar-refractivity contribution in [3.05, 3.63) is 0 Å². The minimum absolute atomic E-state index is 0.155. The maximum atomic E-state index is 6.88. The van der Waals surface area contributed by atoms with Gasteiger partial charge in [0, 0.05) is 11.5 Å². The van der Waals surface area contributed by atoms with E-state index in [1.165, 1.54) is 6.42 Å². The van der Waals surface area contributed by atoms with Gasteiger partial charge in [0.25, 0.3) is 0 Å². The predicted molar refractivity (Wildman–Crippen MR) is 111 cm³/mol. The van der Waals surface area contributed by atoms with E-state index in [2.05, 4.69) is 70.0 Å². The maximum Gasteiger partial charge on any atom is 0.346 e. The van der Waals surface area contributed by atoms with Gasteiger partial charge in [-0.05, 0) is 43.7 Å². The van der Waals surface area contributed by atoms with Crippen molar-refractivity contribution in [2.75, 3.05) is 19.1 Å². The van der Waals surface area contributed by atoms with Crippen molar-refractivity contribution in [1.82, 2.24) is 0 Å². The highest BCUT2D eigenvalue weighted by Gasteiger charge is 2.47. The lowest BCUT2D eigenvalue weighted by Crippen LogP contribution is -2.56. The smallest absolute Gasteiger partial charge is 0.346 e. The molecule has 3 radical (unpaired) electrons. The van der Waals surface area contributed by atoms with Crippen molar-refractivity contribution in [1.29, 1.82) is 0 Å². The maximum absolute atomic E-state index is 6.88. The van der Waals surface area contributed by atoms with Crippen LogP contribution in [0.15, 0.2) is 0 Å². The Morgan fingerprint density at radius 3 is 2.00 bits per heavy atom. The van der Waals surface area contributed by atoms with Gasteiger partial charge >= 0.3 is 8.56 Å². The van der Waals surface area contributed by atoms with Crippen molar-refractivity contribution >= 4 is 27.4 Å². The average Bonchev–Trinajstić information content (AvgIpc) is 2.36. The highest BCUT2D eigenvalue weighted by Crippen LogP contribution is 2.47. The second-order valence-corrected chi connectivity index (χ2v) is 18.5. The summed E-state index contributed by atoms with van der Waals surface area (Å²) < 4.78 is 13.4. The van der Waals surface area contributed by atoms with Gasteiger partial charge in [-0.25, -0.2) is 0 Å². The highest BCUT2D eigenvalue weighted by molar-refractivity contribution is 8.50. The topological polar surface area (TPSA) is 18.5 Å². The molecular weight excluding hydrogens is 336 g/mol. The first-order valence-electron chi connectivity index (χ1n) is 9.20. The Hall–Kier alpha value is 0.704. The van der Waals surface area contributed by atoms with Gasteiger partial charge in [0.15, 0.2) is 0 Å². The van der Waals surface area contributed by atoms with Crippen molar-refractivity contribution in [2.24, 2.45) is 5.41 Å². The third-order valence-corrected chi connectivity index (χ3v) is 13.9. The average molecular weight is 378 g/mol. The van der Waals surface area contributed by atoms with Crippen LogP contribution in [0, 0.1) is 5.41 Å². The Bertz CT molecular complexity index is 326. The monoisotopic (exact) mass is 377 g/mol. The summed E-state index contributed by atoms with van der Waals surface area (Å²) in [5.74, 6) is 0. The first kappa shape index (κ1) is 23.7.